The summed E-state index contributed by atoms with van der Waals surface area (Å²) in [6.45, 7) is 7.24. The Hall–Kier alpha value is -2.44. The topological polar surface area (TPSA) is 70.4 Å². The van der Waals surface area contributed by atoms with E-state index in [1.165, 1.54) is 28.5 Å². The summed E-state index contributed by atoms with van der Waals surface area (Å²) in [6, 6.07) is 6.28. The fourth-order valence-corrected chi connectivity index (χ4v) is 3.58. The average Bonchev–Trinajstić information content (AvgIpc) is 2.89. The lowest BCUT2D eigenvalue weighted by Gasteiger charge is -2.29. The quantitative estimate of drug-likeness (QED) is 0.490. The van der Waals surface area contributed by atoms with Crippen LogP contribution in [0.25, 0.3) is 6.08 Å². The molecule has 0 fully saturated rings. The summed E-state index contributed by atoms with van der Waals surface area (Å²) in [5.41, 5.74) is 9.00. The number of rotatable bonds is 5. The SMILES string of the molecule is Cc1nn(C)c(C)c1CCN1CCc2cc(C=CC(=O)NO)ccc2C1. The van der Waals surface area contributed by atoms with Crippen LogP contribution < -0.4 is 5.48 Å². The average molecular weight is 354 g/mol. The number of nitrogens with zero attached hydrogens (tertiary/aromatic N) is 3. The Morgan fingerprint density at radius 3 is 2.85 bits per heavy atom. The lowest BCUT2D eigenvalue weighted by molar-refractivity contribution is -0.124. The van der Waals surface area contributed by atoms with E-state index in [2.05, 4.69) is 36.0 Å². The van der Waals surface area contributed by atoms with E-state index >= 15 is 0 Å². The zero-order valence-corrected chi connectivity index (χ0v) is 15.6. The molecule has 1 aromatic carbocycles. The standard InChI is InChI=1S/C20H26N4O2/c1-14-19(15(2)23(3)21-14)9-11-24-10-8-17-12-16(4-6-18(17)13-24)5-7-20(25)22-26/h4-7,12,26H,8-11,13H2,1-3H3,(H,22,25). The zero-order chi connectivity index (χ0) is 18.7. The third-order valence-corrected chi connectivity index (χ3v) is 5.20. The number of carbonyl (C=O) groups excluding carboxylic acids is 1. The lowest BCUT2D eigenvalue weighted by Crippen LogP contribution is -2.32. The molecule has 0 saturated carbocycles. The number of hydrogen-bond donors (Lipinski definition) is 2. The fourth-order valence-electron chi connectivity index (χ4n) is 3.58. The van der Waals surface area contributed by atoms with E-state index in [4.69, 9.17) is 5.21 Å². The van der Waals surface area contributed by atoms with Crippen molar-refractivity contribution in [2.45, 2.75) is 33.2 Å². The molecule has 138 valence electrons. The van der Waals surface area contributed by atoms with Crippen LogP contribution in [0.1, 0.15) is 33.6 Å². The third kappa shape index (κ3) is 4.03. The first-order valence-corrected chi connectivity index (χ1v) is 8.93. The highest BCUT2D eigenvalue weighted by atomic mass is 16.5. The van der Waals surface area contributed by atoms with Crippen molar-refractivity contribution in [2.75, 3.05) is 13.1 Å². The highest BCUT2D eigenvalue weighted by Crippen LogP contribution is 2.22. The van der Waals surface area contributed by atoms with Gasteiger partial charge in [-0.25, -0.2) is 5.48 Å². The van der Waals surface area contributed by atoms with Crippen LogP contribution >= 0.6 is 0 Å². The molecule has 1 aliphatic heterocycles. The van der Waals surface area contributed by atoms with Gasteiger partial charge in [-0.15, -0.1) is 0 Å². The summed E-state index contributed by atoms with van der Waals surface area (Å²) in [4.78, 5) is 13.6. The number of aromatic nitrogens is 2. The van der Waals surface area contributed by atoms with Gasteiger partial charge in [-0.3, -0.25) is 19.6 Å². The number of aryl methyl sites for hydroxylation is 2. The second-order valence-corrected chi connectivity index (χ2v) is 6.89. The first-order valence-electron chi connectivity index (χ1n) is 8.93. The maximum Gasteiger partial charge on any atom is 0.267 e. The monoisotopic (exact) mass is 354 g/mol. The van der Waals surface area contributed by atoms with Crippen molar-refractivity contribution in [3.8, 4) is 0 Å². The van der Waals surface area contributed by atoms with E-state index in [0.717, 1.165) is 43.7 Å². The molecule has 1 aliphatic rings. The van der Waals surface area contributed by atoms with Crippen molar-refractivity contribution in [1.29, 1.82) is 0 Å². The molecule has 26 heavy (non-hydrogen) atoms. The first-order chi connectivity index (χ1) is 12.5. The number of hydroxylamine groups is 1. The van der Waals surface area contributed by atoms with Crippen molar-refractivity contribution in [3.63, 3.8) is 0 Å². The minimum atomic E-state index is -0.519. The summed E-state index contributed by atoms with van der Waals surface area (Å²) in [7, 11) is 2.00. The van der Waals surface area contributed by atoms with Gasteiger partial charge in [-0.05, 0) is 55.0 Å². The molecule has 0 atom stereocenters. The second-order valence-electron chi connectivity index (χ2n) is 6.89. The maximum absolute atomic E-state index is 11.1. The Morgan fingerprint density at radius 2 is 2.15 bits per heavy atom. The molecule has 2 heterocycles. The van der Waals surface area contributed by atoms with Gasteiger partial charge in [0, 0.05) is 38.5 Å². The van der Waals surface area contributed by atoms with Gasteiger partial charge in [-0.2, -0.15) is 5.10 Å². The van der Waals surface area contributed by atoms with Gasteiger partial charge < -0.3 is 0 Å². The smallest absolute Gasteiger partial charge is 0.267 e. The van der Waals surface area contributed by atoms with E-state index < -0.39 is 5.91 Å². The minimum Gasteiger partial charge on any atom is -0.298 e. The molecule has 2 N–H and O–H groups in total. The molecule has 2 aromatic rings. The van der Waals surface area contributed by atoms with Crippen molar-refractivity contribution in [3.05, 3.63) is 57.9 Å². The summed E-state index contributed by atoms with van der Waals surface area (Å²) >= 11 is 0. The second kappa shape index (κ2) is 7.85. The van der Waals surface area contributed by atoms with Crippen LogP contribution in [0.15, 0.2) is 24.3 Å². The minimum absolute atomic E-state index is 0.519. The van der Waals surface area contributed by atoms with Gasteiger partial charge in [0.25, 0.3) is 5.91 Å². The summed E-state index contributed by atoms with van der Waals surface area (Å²) in [6.07, 6.45) is 5.08. The van der Waals surface area contributed by atoms with Crippen molar-refractivity contribution in [1.82, 2.24) is 20.2 Å². The summed E-state index contributed by atoms with van der Waals surface area (Å²) in [5.74, 6) is -0.519. The van der Waals surface area contributed by atoms with Crippen LogP contribution in [0.5, 0.6) is 0 Å². The maximum atomic E-state index is 11.1. The highest BCUT2D eigenvalue weighted by molar-refractivity contribution is 5.90. The van der Waals surface area contributed by atoms with Gasteiger partial charge in [0.2, 0.25) is 0 Å². The number of carbonyl (C=O) groups is 1. The van der Waals surface area contributed by atoms with Crippen molar-refractivity contribution in [2.24, 2.45) is 7.05 Å². The molecule has 0 aliphatic carbocycles. The van der Waals surface area contributed by atoms with Gasteiger partial charge in [-0.1, -0.05) is 18.2 Å². The van der Waals surface area contributed by atoms with Crippen molar-refractivity contribution < 1.29 is 10.0 Å². The van der Waals surface area contributed by atoms with Crippen molar-refractivity contribution >= 4 is 12.0 Å². The van der Waals surface area contributed by atoms with Crippen LogP contribution in [0.4, 0.5) is 0 Å². The normalized spacial score (nSPS) is 14.6. The molecule has 0 saturated heterocycles. The molecule has 6 nitrogen and oxygen atoms in total. The largest absolute Gasteiger partial charge is 0.298 e. The fraction of sp³-hybridized carbons (Fsp3) is 0.400. The molecule has 0 spiro atoms. The molecule has 0 bridgehead atoms. The van der Waals surface area contributed by atoms with E-state index in [-0.39, 0.29) is 0 Å². The molecule has 1 amide bonds. The number of nitrogens with one attached hydrogen (secondary N) is 1. The predicted octanol–water partition coefficient (Wildman–Crippen LogP) is 2.16. The number of hydrogen-bond acceptors (Lipinski definition) is 4. The van der Waals surface area contributed by atoms with Crippen LogP contribution in [-0.2, 0) is 31.2 Å². The van der Waals surface area contributed by atoms with Gasteiger partial charge in [0.15, 0.2) is 0 Å². The number of fused-ring (bicyclic) bond motifs is 1. The van der Waals surface area contributed by atoms with Crippen LogP contribution in [0, 0.1) is 13.8 Å². The van der Waals surface area contributed by atoms with E-state index in [1.807, 2.05) is 17.8 Å². The van der Waals surface area contributed by atoms with E-state index in [0.29, 0.717) is 0 Å². The van der Waals surface area contributed by atoms with E-state index in [9.17, 15) is 4.79 Å². The number of amides is 1. The molecule has 0 unspecified atom stereocenters. The van der Waals surface area contributed by atoms with Crippen LogP contribution in [0.3, 0.4) is 0 Å². The molecule has 3 rings (SSSR count). The third-order valence-electron chi connectivity index (χ3n) is 5.20. The van der Waals surface area contributed by atoms with Crippen LogP contribution in [-0.4, -0.2) is 38.9 Å². The Balaban J connectivity index is 1.63. The molecule has 0 radical (unpaired) electrons. The summed E-state index contributed by atoms with van der Waals surface area (Å²) in [5, 5.41) is 13.0. The van der Waals surface area contributed by atoms with Crippen LogP contribution in [0.2, 0.25) is 0 Å². The molecular weight excluding hydrogens is 328 g/mol. The first kappa shape index (κ1) is 18.4. The zero-order valence-electron chi connectivity index (χ0n) is 15.6. The number of benzene rings is 1. The molecule has 6 heteroatoms. The van der Waals surface area contributed by atoms with E-state index in [1.54, 1.807) is 11.6 Å². The Bertz CT molecular complexity index is 839. The highest BCUT2D eigenvalue weighted by Gasteiger charge is 2.17. The van der Waals surface area contributed by atoms with Gasteiger partial charge in [0.05, 0.1) is 5.69 Å². The predicted molar refractivity (Wildman–Crippen MR) is 101 cm³/mol. The van der Waals surface area contributed by atoms with Gasteiger partial charge >= 0.3 is 0 Å². The molecule has 1 aromatic heterocycles. The summed E-state index contributed by atoms with van der Waals surface area (Å²) < 4.78 is 1.96. The van der Waals surface area contributed by atoms with Gasteiger partial charge in [0.1, 0.15) is 0 Å². The Kier molecular flexibility index (Phi) is 5.54. The Morgan fingerprint density at radius 1 is 1.35 bits per heavy atom. The Labute approximate surface area is 154 Å². The lowest BCUT2D eigenvalue weighted by atomic mass is 9.96. The molecular formula is C20H26N4O2.